The third kappa shape index (κ3) is 5.67. The van der Waals surface area contributed by atoms with Crippen molar-refractivity contribution in [1.82, 2.24) is 5.32 Å². The second kappa shape index (κ2) is 5.34. The predicted octanol–water partition coefficient (Wildman–Crippen LogP) is 1.49. The van der Waals surface area contributed by atoms with E-state index in [1.54, 1.807) is 6.08 Å². The molecule has 0 radical (unpaired) electrons. The van der Waals surface area contributed by atoms with Gasteiger partial charge in [-0.1, -0.05) is 12.7 Å². The van der Waals surface area contributed by atoms with Crippen LogP contribution in [-0.4, -0.2) is 22.5 Å². The molecule has 0 saturated carbocycles. The molecule has 0 aliphatic rings. The number of carbonyl (C=O) groups excluding carboxylic acids is 1. The third-order valence-electron chi connectivity index (χ3n) is 1.90. The maximum Gasteiger partial charge on any atom is 0.330 e. The molecule has 0 unspecified atom stereocenters. The highest BCUT2D eigenvalue weighted by Crippen LogP contribution is 2.11. The number of hydrogen-bond acceptors (Lipinski definition) is 2. The normalized spacial score (nSPS) is 12.1. The highest BCUT2D eigenvalue weighted by molar-refractivity contribution is 5.87. The van der Waals surface area contributed by atoms with Gasteiger partial charge in [0, 0.05) is 11.1 Å². The fraction of sp³-hybridized carbons (Fsp3) is 0.455. The molecule has 4 nitrogen and oxygen atoms in total. The van der Waals surface area contributed by atoms with Gasteiger partial charge < -0.3 is 10.4 Å². The zero-order valence-electron chi connectivity index (χ0n) is 9.33. The molecule has 0 fully saturated rings. The first-order chi connectivity index (χ1) is 6.78. The molecule has 2 N–H and O–H groups in total. The number of hydrogen-bond donors (Lipinski definition) is 2. The molecule has 1 amide bonds. The van der Waals surface area contributed by atoms with Gasteiger partial charge in [-0.05, 0) is 33.3 Å². The second-order valence-corrected chi connectivity index (χ2v) is 3.97. The first-order valence-corrected chi connectivity index (χ1v) is 4.63. The quantitative estimate of drug-likeness (QED) is 0.677. The van der Waals surface area contributed by atoms with Crippen LogP contribution in [0.3, 0.4) is 0 Å². The minimum absolute atomic E-state index is 0.263. The lowest BCUT2D eigenvalue weighted by molar-refractivity contribution is -0.132. The van der Waals surface area contributed by atoms with Crippen LogP contribution in [0.25, 0.3) is 0 Å². The van der Waals surface area contributed by atoms with Gasteiger partial charge in [0.2, 0.25) is 5.91 Å². The van der Waals surface area contributed by atoms with Gasteiger partial charge in [0.1, 0.15) is 0 Å². The van der Waals surface area contributed by atoms with Crippen molar-refractivity contribution in [2.24, 2.45) is 0 Å². The van der Waals surface area contributed by atoms with E-state index in [9.17, 15) is 9.59 Å². The van der Waals surface area contributed by atoms with Crippen LogP contribution >= 0.6 is 0 Å². The summed E-state index contributed by atoms with van der Waals surface area (Å²) < 4.78 is 0. The lowest BCUT2D eigenvalue weighted by atomic mass is 9.99. The fourth-order valence-corrected chi connectivity index (χ4v) is 0.931. The van der Waals surface area contributed by atoms with Gasteiger partial charge >= 0.3 is 5.97 Å². The Balaban J connectivity index is 4.38. The largest absolute Gasteiger partial charge is 0.478 e. The van der Waals surface area contributed by atoms with Crippen LogP contribution in [0.2, 0.25) is 0 Å². The summed E-state index contributed by atoms with van der Waals surface area (Å²) in [6.45, 7) is 8.51. The van der Waals surface area contributed by atoms with Gasteiger partial charge in [-0.3, -0.25) is 4.79 Å². The van der Waals surface area contributed by atoms with Gasteiger partial charge in [-0.25, -0.2) is 4.79 Å². The molecule has 0 rings (SSSR count). The summed E-state index contributed by atoms with van der Waals surface area (Å²) in [5.74, 6) is -1.21. The van der Waals surface area contributed by atoms with Gasteiger partial charge in [-0.15, -0.1) is 0 Å². The molecular formula is C11H17NO3. The number of nitrogens with one attached hydrogen (secondary N) is 1. The minimum atomic E-state index is -0.944. The van der Waals surface area contributed by atoms with Crippen LogP contribution in [0.1, 0.15) is 27.2 Å². The van der Waals surface area contributed by atoms with Crippen LogP contribution < -0.4 is 5.32 Å². The first kappa shape index (κ1) is 13.4. The van der Waals surface area contributed by atoms with E-state index in [1.807, 2.05) is 13.8 Å². The average Bonchev–Trinajstić information content (AvgIpc) is 2.13. The Bertz CT molecular complexity index is 303. The monoisotopic (exact) mass is 211 g/mol. The lowest BCUT2D eigenvalue weighted by Gasteiger charge is -2.24. The van der Waals surface area contributed by atoms with E-state index in [2.05, 4.69) is 11.9 Å². The molecule has 0 aromatic heterocycles. The predicted molar refractivity (Wildman–Crippen MR) is 58.4 cm³/mol. The van der Waals surface area contributed by atoms with E-state index >= 15 is 0 Å². The van der Waals surface area contributed by atoms with Crippen LogP contribution in [0.5, 0.6) is 0 Å². The van der Waals surface area contributed by atoms with E-state index in [0.717, 1.165) is 0 Å². The molecule has 0 spiro atoms. The molecule has 0 aliphatic heterocycles. The van der Waals surface area contributed by atoms with Crippen LogP contribution in [0, 0.1) is 0 Å². The highest BCUT2D eigenvalue weighted by atomic mass is 16.4. The van der Waals surface area contributed by atoms with Gasteiger partial charge in [0.25, 0.3) is 0 Å². The smallest absolute Gasteiger partial charge is 0.330 e. The fourth-order valence-electron chi connectivity index (χ4n) is 0.931. The van der Waals surface area contributed by atoms with Crippen molar-refractivity contribution >= 4 is 11.9 Å². The standard InChI is InChI=1S/C11H17NO3/c1-5-9(13)12-11(3,4)7-6-8(2)10(14)15/h5-6H,1,7H2,2-4H3,(H,12,13)(H,14,15). The Kier molecular flexibility index (Phi) is 4.78. The van der Waals surface area contributed by atoms with E-state index in [-0.39, 0.29) is 11.5 Å². The Hall–Kier alpha value is -1.58. The van der Waals surface area contributed by atoms with E-state index < -0.39 is 11.5 Å². The van der Waals surface area contributed by atoms with E-state index in [1.165, 1.54) is 13.0 Å². The molecule has 0 heterocycles. The zero-order valence-corrected chi connectivity index (χ0v) is 9.33. The van der Waals surface area contributed by atoms with E-state index in [4.69, 9.17) is 5.11 Å². The SMILES string of the molecule is C=CC(=O)NC(C)(C)CC=C(C)C(=O)O. The number of aliphatic carboxylic acids is 1. The van der Waals surface area contributed by atoms with Crippen molar-refractivity contribution in [3.8, 4) is 0 Å². The molecule has 0 bridgehead atoms. The molecule has 15 heavy (non-hydrogen) atoms. The van der Waals surface area contributed by atoms with Crippen molar-refractivity contribution in [2.45, 2.75) is 32.7 Å². The molecule has 0 saturated heterocycles. The maximum atomic E-state index is 11.0. The summed E-state index contributed by atoms with van der Waals surface area (Å²) in [6.07, 6.45) is 3.24. The number of amides is 1. The van der Waals surface area contributed by atoms with Gasteiger partial charge in [0.05, 0.1) is 0 Å². The Morgan fingerprint density at radius 1 is 1.47 bits per heavy atom. The Morgan fingerprint density at radius 2 is 2.00 bits per heavy atom. The average molecular weight is 211 g/mol. The maximum absolute atomic E-state index is 11.0. The highest BCUT2D eigenvalue weighted by Gasteiger charge is 2.17. The number of carbonyl (C=O) groups is 2. The molecule has 0 atom stereocenters. The van der Waals surface area contributed by atoms with Crippen molar-refractivity contribution in [3.63, 3.8) is 0 Å². The van der Waals surface area contributed by atoms with Gasteiger partial charge in [-0.2, -0.15) is 0 Å². The van der Waals surface area contributed by atoms with Crippen molar-refractivity contribution in [2.75, 3.05) is 0 Å². The topological polar surface area (TPSA) is 66.4 Å². The third-order valence-corrected chi connectivity index (χ3v) is 1.90. The Labute approximate surface area is 89.7 Å². The number of rotatable bonds is 5. The first-order valence-electron chi connectivity index (χ1n) is 4.63. The second-order valence-electron chi connectivity index (χ2n) is 3.97. The summed E-state index contributed by atoms with van der Waals surface area (Å²) in [4.78, 5) is 21.6. The zero-order chi connectivity index (χ0) is 12.1. The molecule has 0 aromatic rings. The summed E-state index contributed by atoms with van der Waals surface area (Å²) in [6, 6.07) is 0. The van der Waals surface area contributed by atoms with Crippen molar-refractivity contribution in [3.05, 3.63) is 24.3 Å². The van der Waals surface area contributed by atoms with Gasteiger partial charge in [0.15, 0.2) is 0 Å². The molecule has 4 heteroatoms. The summed E-state index contributed by atoms with van der Waals surface area (Å²) in [7, 11) is 0. The Morgan fingerprint density at radius 3 is 2.40 bits per heavy atom. The van der Waals surface area contributed by atoms with Crippen LogP contribution in [0.15, 0.2) is 24.3 Å². The number of carboxylic acid groups (broad SMARTS) is 1. The van der Waals surface area contributed by atoms with Crippen molar-refractivity contribution < 1.29 is 14.7 Å². The van der Waals surface area contributed by atoms with E-state index in [0.29, 0.717) is 6.42 Å². The molecule has 0 aromatic carbocycles. The summed E-state index contributed by atoms with van der Waals surface area (Å²) >= 11 is 0. The summed E-state index contributed by atoms with van der Waals surface area (Å²) in [5, 5.41) is 11.3. The van der Waals surface area contributed by atoms with Crippen LogP contribution in [0.4, 0.5) is 0 Å². The minimum Gasteiger partial charge on any atom is -0.478 e. The molecule has 0 aliphatic carbocycles. The van der Waals surface area contributed by atoms with Crippen molar-refractivity contribution in [1.29, 1.82) is 0 Å². The lowest BCUT2D eigenvalue weighted by Crippen LogP contribution is -2.42. The van der Waals surface area contributed by atoms with Crippen LogP contribution in [-0.2, 0) is 9.59 Å². The molecular weight excluding hydrogens is 194 g/mol. The summed E-state index contributed by atoms with van der Waals surface area (Å²) in [5.41, 5.74) is -0.196. The number of carboxylic acids is 1. The molecule has 84 valence electrons.